The maximum Gasteiger partial charge on any atom is 0.244 e. The summed E-state index contributed by atoms with van der Waals surface area (Å²) in [4.78, 5) is 2.66. The van der Waals surface area contributed by atoms with Gasteiger partial charge in [-0.05, 0) is 70.3 Å². The molecule has 6 heteroatoms. The zero-order valence-corrected chi connectivity index (χ0v) is 15.3. The maximum absolute atomic E-state index is 12.6. The van der Waals surface area contributed by atoms with Gasteiger partial charge in [0.05, 0.1) is 7.11 Å². The first kappa shape index (κ1) is 18.2. The first-order chi connectivity index (χ1) is 10.8. The normalized spacial score (nSPS) is 17.6. The minimum Gasteiger partial charge on any atom is -0.495 e. The number of nitrogens with zero attached hydrogens (tertiary/aromatic N) is 1. The molecule has 0 unspecified atom stereocenters. The van der Waals surface area contributed by atoms with Crippen LogP contribution < -0.4 is 9.46 Å². The van der Waals surface area contributed by atoms with E-state index in [2.05, 4.69) is 23.5 Å². The van der Waals surface area contributed by atoms with Gasteiger partial charge in [-0.15, -0.1) is 0 Å². The second-order valence-electron chi connectivity index (χ2n) is 6.58. The quantitative estimate of drug-likeness (QED) is 0.864. The Bertz CT molecular complexity index is 621. The molecule has 1 aromatic rings. The SMILES string of the molecule is COc1ccc(C)cc1S(=O)(=O)NCC1CCN(C(C)C)CC1. The van der Waals surface area contributed by atoms with Crippen LogP contribution in [0.15, 0.2) is 23.1 Å². The third-order valence-electron chi connectivity index (χ3n) is 4.55. The molecule has 2 rings (SSSR count). The van der Waals surface area contributed by atoms with Gasteiger partial charge in [0.2, 0.25) is 10.0 Å². The molecular formula is C17H28N2O3S. The molecule has 1 aromatic carbocycles. The second kappa shape index (κ2) is 7.64. The average molecular weight is 340 g/mol. The van der Waals surface area contributed by atoms with Crippen LogP contribution >= 0.6 is 0 Å². The molecule has 1 heterocycles. The van der Waals surface area contributed by atoms with Crippen molar-refractivity contribution in [3.8, 4) is 5.75 Å². The number of aryl methyl sites for hydroxylation is 1. The Morgan fingerprint density at radius 3 is 2.52 bits per heavy atom. The van der Waals surface area contributed by atoms with Gasteiger partial charge in [-0.1, -0.05) is 6.07 Å². The first-order valence-corrected chi connectivity index (χ1v) is 9.70. The van der Waals surface area contributed by atoms with Crippen molar-refractivity contribution in [3.63, 3.8) is 0 Å². The zero-order chi connectivity index (χ0) is 17.0. The van der Waals surface area contributed by atoms with Crippen LogP contribution in [0.3, 0.4) is 0 Å². The van der Waals surface area contributed by atoms with Crippen molar-refractivity contribution >= 4 is 10.0 Å². The molecule has 0 saturated carbocycles. The smallest absolute Gasteiger partial charge is 0.244 e. The summed E-state index contributed by atoms with van der Waals surface area (Å²) < 4.78 is 33.1. The van der Waals surface area contributed by atoms with Crippen molar-refractivity contribution in [3.05, 3.63) is 23.8 Å². The van der Waals surface area contributed by atoms with Gasteiger partial charge in [0.1, 0.15) is 10.6 Å². The Morgan fingerprint density at radius 2 is 1.96 bits per heavy atom. The number of likely N-dealkylation sites (tertiary alicyclic amines) is 1. The predicted octanol–water partition coefficient (Wildman–Crippen LogP) is 2.40. The largest absolute Gasteiger partial charge is 0.495 e. The number of rotatable bonds is 6. The molecule has 0 aromatic heterocycles. The lowest BCUT2D eigenvalue weighted by atomic mass is 9.96. The molecule has 0 amide bonds. The van der Waals surface area contributed by atoms with E-state index in [1.807, 2.05) is 13.0 Å². The molecule has 0 atom stereocenters. The van der Waals surface area contributed by atoms with Gasteiger partial charge in [-0.2, -0.15) is 0 Å². The van der Waals surface area contributed by atoms with Crippen LogP contribution in [0.1, 0.15) is 32.3 Å². The van der Waals surface area contributed by atoms with Gasteiger partial charge in [0.25, 0.3) is 0 Å². The molecule has 1 N–H and O–H groups in total. The summed E-state index contributed by atoms with van der Waals surface area (Å²) >= 11 is 0. The van der Waals surface area contributed by atoms with E-state index in [0.717, 1.165) is 31.5 Å². The second-order valence-corrected chi connectivity index (χ2v) is 8.31. The summed E-state index contributed by atoms with van der Waals surface area (Å²) in [6, 6.07) is 5.76. The zero-order valence-electron chi connectivity index (χ0n) is 14.5. The lowest BCUT2D eigenvalue weighted by Gasteiger charge is -2.34. The number of nitrogens with one attached hydrogen (secondary N) is 1. The molecule has 0 radical (unpaired) electrons. The Kier molecular flexibility index (Phi) is 6.06. The standard InChI is InChI=1S/C17H28N2O3S/c1-13(2)19-9-7-15(8-10-19)12-18-23(20,21)17-11-14(3)5-6-16(17)22-4/h5-6,11,13,15,18H,7-10,12H2,1-4H3. The Labute approximate surface area is 140 Å². The molecule has 5 nitrogen and oxygen atoms in total. The summed E-state index contributed by atoms with van der Waals surface area (Å²) in [5.74, 6) is 0.785. The molecule has 1 aliphatic rings. The van der Waals surface area contributed by atoms with Gasteiger partial charge in [0.15, 0.2) is 0 Å². The van der Waals surface area contributed by atoms with Gasteiger partial charge < -0.3 is 9.64 Å². The molecule has 0 aliphatic carbocycles. The molecule has 1 fully saturated rings. The number of piperidine rings is 1. The monoisotopic (exact) mass is 340 g/mol. The average Bonchev–Trinajstić information content (AvgIpc) is 2.53. The van der Waals surface area contributed by atoms with Crippen molar-refractivity contribution in [2.24, 2.45) is 5.92 Å². The van der Waals surface area contributed by atoms with E-state index >= 15 is 0 Å². The van der Waals surface area contributed by atoms with Crippen LogP contribution in [-0.2, 0) is 10.0 Å². The van der Waals surface area contributed by atoms with Crippen molar-refractivity contribution in [2.75, 3.05) is 26.7 Å². The third kappa shape index (κ3) is 4.68. The molecule has 0 spiro atoms. The van der Waals surface area contributed by atoms with Gasteiger partial charge >= 0.3 is 0 Å². The summed E-state index contributed by atoms with van der Waals surface area (Å²) in [6.45, 7) is 8.85. The minimum atomic E-state index is -3.54. The lowest BCUT2D eigenvalue weighted by molar-refractivity contribution is 0.150. The fourth-order valence-electron chi connectivity index (χ4n) is 2.97. The summed E-state index contributed by atoms with van der Waals surface area (Å²) in [5, 5.41) is 0. The van der Waals surface area contributed by atoms with Gasteiger partial charge in [-0.25, -0.2) is 13.1 Å². The maximum atomic E-state index is 12.6. The van der Waals surface area contributed by atoms with Crippen LogP contribution in [0, 0.1) is 12.8 Å². The molecule has 130 valence electrons. The lowest BCUT2D eigenvalue weighted by Crippen LogP contribution is -2.41. The van der Waals surface area contributed by atoms with E-state index < -0.39 is 10.0 Å². The van der Waals surface area contributed by atoms with Crippen LogP contribution in [0.25, 0.3) is 0 Å². The van der Waals surface area contributed by atoms with E-state index in [4.69, 9.17) is 4.74 Å². The molecule has 1 aliphatic heterocycles. The van der Waals surface area contributed by atoms with Crippen LogP contribution in [0.2, 0.25) is 0 Å². The molecule has 1 saturated heterocycles. The number of ether oxygens (including phenoxy) is 1. The topological polar surface area (TPSA) is 58.6 Å². The molecular weight excluding hydrogens is 312 g/mol. The Hall–Kier alpha value is -1.11. The minimum absolute atomic E-state index is 0.222. The summed E-state index contributed by atoms with van der Waals surface area (Å²) in [7, 11) is -2.05. The van der Waals surface area contributed by atoms with Crippen molar-refractivity contribution in [1.82, 2.24) is 9.62 Å². The third-order valence-corrected chi connectivity index (χ3v) is 5.99. The number of hydrogen-bond acceptors (Lipinski definition) is 4. The molecule has 0 bridgehead atoms. The number of methoxy groups -OCH3 is 1. The number of hydrogen-bond donors (Lipinski definition) is 1. The van der Waals surface area contributed by atoms with E-state index in [-0.39, 0.29) is 4.90 Å². The fourth-order valence-corrected chi connectivity index (χ4v) is 4.34. The Balaban J connectivity index is 1.99. The first-order valence-electron chi connectivity index (χ1n) is 8.22. The van der Waals surface area contributed by atoms with Crippen molar-refractivity contribution in [2.45, 2.75) is 44.6 Å². The summed E-state index contributed by atoms with van der Waals surface area (Å²) in [5.41, 5.74) is 0.899. The fraction of sp³-hybridized carbons (Fsp3) is 0.647. The highest BCUT2D eigenvalue weighted by atomic mass is 32.2. The highest BCUT2D eigenvalue weighted by Crippen LogP contribution is 2.25. The highest BCUT2D eigenvalue weighted by Gasteiger charge is 2.24. The molecule has 23 heavy (non-hydrogen) atoms. The van der Waals surface area contributed by atoms with Crippen LogP contribution in [-0.4, -0.2) is 46.1 Å². The number of benzene rings is 1. The number of sulfonamides is 1. The van der Waals surface area contributed by atoms with Gasteiger partial charge in [0, 0.05) is 12.6 Å². The summed E-state index contributed by atoms with van der Waals surface area (Å²) in [6.07, 6.45) is 2.07. The van der Waals surface area contributed by atoms with Gasteiger partial charge in [-0.3, -0.25) is 0 Å². The van der Waals surface area contributed by atoms with Crippen LogP contribution in [0.5, 0.6) is 5.75 Å². The Morgan fingerprint density at radius 1 is 1.30 bits per heavy atom. The van der Waals surface area contributed by atoms with E-state index in [0.29, 0.717) is 24.3 Å². The predicted molar refractivity (Wildman–Crippen MR) is 92.4 cm³/mol. The van der Waals surface area contributed by atoms with Crippen molar-refractivity contribution < 1.29 is 13.2 Å². The highest BCUT2D eigenvalue weighted by molar-refractivity contribution is 7.89. The van der Waals surface area contributed by atoms with E-state index in [1.165, 1.54) is 7.11 Å². The van der Waals surface area contributed by atoms with E-state index in [9.17, 15) is 8.42 Å². The van der Waals surface area contributed by atoms with E-state index in [1.54, 1.807) is 12.1 Å². The van der Waals surface area contributed by atoms with Crippen LogP contribution in [0.4, 0.5) is 0 Å². The van der Waals surface area contributed by atoms with Crippen molar-refractivity contribution in [1.29, 1.82) is 0 Å².